The number of amides is 2. The highest BCUT2D eigenvalue weighted by molar-refractivity contribution is 5.94. The van der Waals surface area contributed by atoms with E-state index >= 15 is 0 Å². The zero-order valence-corrected chi connectivity index (χ0v) is 14.7. The van der Waals surface area contributed by atoms with Gasteiger partial charge in [-0.2, -0.15) is 8.78 Å². The van der Waals surface area contributed by atoms with Gasteiger partial charge >= 0.3 is 12.6 Å². The molecule has 0 spiro atoms. The zero-order valence-electron chi connectivity index (χ0n) is 14.7. The third-order valence-corrected chi connectivity index (χ3v) is 3.38. The van der Waals surface area contributed by atoms with Gasteiger partial charge in [0.1, 0.15) is 12.3 Å². The van der Waals surface area contributed by atoms with Crippen molar-refractivity contribution in [2.75, 3.05) is 18.5 Å². The number of alkyl halides is 2. The number of para-hydroxylation sites is 2. The van der Waals surface area contributed by atoms with Crippen LogP contribution in [-0.4, -0.2) is 37.5 Å². The van der Waals surface area contributed by atoms with E-state index in [0.29, 0.717) is 0 Å². The molecule has 0 aliphatic heterocycles. The normalized spacial score (nSPS) is 10.2. The van der Waals surface area contributed by atoms with E-state index in [1.807, 2.05) is 6.07 Å². The molecule has 2 amide bonds. The fourth-order valence-corrected chi connectivity index (χ4v) is 2.17. The molecule has 0 unspecified atom stereocenters. The molecule has 7 nitrogen and oxygen atoms in total. The lowest BCUT2D eigenvalue weighted by Crippen LogP contribution is -2.33. The molecule has 28 heavy (non-hydrogen) atoms. The third kappa shape index (κ3) is 7.40. The summed E-state index contributed by atoms with van der Waals surface area (Å²) < 4.78 is 33.7. The number of carbonyl (C=O) groups is 3. The fourth-order valence-electron chi connectivity index (χ4n) is 2.17. The van der Waals surface area contributed by atoms with Crippen molar-refractivity contribution in [3.8, 4) is 5.75 Å². The van der Waals surface area contributed by atoms with Crippen molar-refractivity contribution in [3.05, 3.63) is 60.2 Å². The van der Waals surface area contributed by atoms with Crippen LogP contribution in [0.15, 0.2) is 54.6 Å². The van der Waals surface area contributed by atoms with Crippen LogP contribution in [0.25, 0.3) is 0 Å². The van der Waals surface area contributed by atoms with Crippen molar-refractivity contribution < 1.29 is 32.6 Å². The average Bonchev–Trinajstić information content (AvgIpc) is 2.67. The number of carbonyl (C=O) groups excluding carboxylic acids is 3. The van der Waals surface area contributed by atoms with Crippen molar-refractivity contribution in [1.29, 1.82) is 0 Å². The Morgan fingerprint density at radius 2 is 1.61 bits per heavy atom. The quantitative estimate of drug-likeness (QED) is 0.638. The van der Waals surface area contributed by atoms with Gasteiger partial charge in [-0.3, -0.25) is 14.4 Å². The highest BCUT2D eigenvalue weighted by atomic mass is 19.3. The Labute approximate surface area is 159 Å². The van der Waals surface area contributed by atoms with Gasteiger partial charge in [0.05, 0.1) is 12.1 Å². The Balaban J connectivity index is 1.72. The fraction of sp³-hybridized carbons (Fsp3) is 0.211. The largest absolute Gasteiger partial charge is 0.454 e. The molecule has 0 atom stereocenters. The minimum absolute atomic E-state index is 0.0139. The van der Waals surface area contributed by atoms with Crippen LogP contribution in [0.2, 0.25) is 0 Å². The van der Waals surface area contributed by atoms with E-state index in [4.69, 9.17) is 4.74 Å². The molecule has 2 aromatic carbocycles. The molecule has 0 aliphatic rings. The van der Waals surface area contributed by atoms with Gasteiger partial charge in [0.25, 0.3) is 5.91 Å². The summed E-state index contributed by atoms with van der Waals surface area (Å²) in [6, 6.07) is 14.6. The van der Waals surface area contributed by atoms with E-state index in [1.165, 1.54) is 24.3 Å². The van der Waals surface area contributed by atoms with E-state index in [9.17, 15) is 23.2 Å². The van der Waals surface area contributed by atoms with Gasteiger partial charge in [0, 0.05) is 0 Å². The van der Waals surface area contributed by atoms with Gasteiger partial charge in [0.15, 0.2) is 6.61 Å². The van der Waals surface area contributed by atoms with Crippen LogP contribution in [0.5, 0.6) is 5.75 Å². The molecule has 0 saturated heterocycles. The van der Waals surface area contributed by atoms with Gasteiger partial charge in [-0.25, -0.2) is 0 Å². The molecule has 0 aliphatic carbocycles. The summed E-state index contributed by atoms with van der Waals surface area (Å²) >= 11 is 0. The van der Waals surface area contributed by atoms with Crippen LogP contribution < -0.4 is 15.4 Å². The molecule has 0 radical (unpaired) electrons. The standard InChI is InChI=1S/C19H18F2N2O5/c20-19(21)28-15-9-5-4-8-14(15)23-17(25)12-27-18(26)11-22-16(24)10-13-6-2-1-3-7-13/h1-9,19H,10-12H2,(H,22,24)(H,23,25). The van der Waals surface area contributed by atoms with Crippen molar-refractivity contribution in [2.45, 2.75) is 13.0 Å². The Hall–Kier alpha value is -3.49. The molecule has 2 N–H and O–H groups in total. The molecule has 0 saturated carbocycles. The molecular weight excluding hydrogens is 374 g/mol. The minimum atomic E-state index is -3.05. The highest BCUT2D eigenvalue weighted by Gasteiger charge is 2.13. The monoisotopic (exact) mass is 392 g/mol. The number of hydrogen-bond acceptors (Lipinski definition) is 5. The first kappa shape index (κ1) is 20.8. The Kier molecular flexibility index (Phi) is 7.89. The number of anilines is 1. The Morgan fingerprint density at radius 3 is 2.32 bits per heavy atom. The maximum atomic E-state index is 12.3. The third-order valence-electron chi connectivity index (χ3n) is 3.38. The lowest BCUT2D eigenvalue weighted by molar-refractivity contribution is -0.147. The summed E-state index contributed by atoms with van der Waals surface area (Å²) in [5.74, 6) is -2.14. The van der Waals surface area contributed by atoms with Crippen LogP contribution in [0.1, 0.15) is 5.56 Å². The van der Waals surface area contributed by atoms with Crippen molar-refractivity contribution >= 4 is 23.5 Å². The Morgan fingerprint density at radius 1 is 0.929 bits per heavy atom. The van der Waals surface area contributed by atoms with Crippen LogP contribution in [0, 0.1) is 0 Å². The number of benzene rings is 2. The van der Waals surface area contributed by atoms with Crippen LogP contribution >= 0.6 is 0 Å². The number of esters is 1. The highest BCUT2D eigenvalue weighted by Crippen LogP contribution is 2.25. The molecule has 148 valence electrons. The molecule has 0 aromatic heterocycles. The van der Waals surface area contributed by atoms with Crippen LogP contribution in [0.3, 0.4) is 0 Å². The molecule has 0 heterocycles. The second kappa shape index (κ2) is 10.6. The topological polar surface area (TPSA) is 93.7 Å². The van der Waals surface area contributed by atoms with E-state index in [0.717, 1.165) is 5.56 Å². The lowest BCUT2D eigenvalue weighted by atomic mass is 10.1. The van der Waals surface area contributed by atoms with Gasteiger partial charge in [-0.15, -0.1) is 0 Å². The molecule has 0 bridgehead atoms. The summed E-state index contributed by atoms with van der Waals surface area (Å²) in [5.41, 5.74) is 0.803. The summed E-state index contributed by atoms with van der Waals surface area (Å²) in [4.78, 5) is 35.2. The summed E-state index contributed by atoms with van der Waals surface area (Å²) in [5, 5.41) is 4.69. The van der Waals surface area contributed by atoms with Crippen molar-refractivity contribution in [2.24, 2.45) is 0 Å². The van der Waals surface area contributed by atoms with Gasteiger partial charge in [0.2, 0.25) is 5.91 Å². The van der Waals surface area contributed by atoms with Crippen molar-refractivity contribution in [1.82, 2.24) is 5.32 Å². The predicted molar refractivity (Wildman–Crippen MR) is 95.8 cm³/mol. The first-order valence-electron chi connectivity index (χ1n) is 8.24. The maximum Gasteiger partial charge on any atom is 0.387 e. The smallest absolute Gasteiger partial charge is 0.387 e. The van der Waals surface area contributed by atoms with Gasteiger partial charge in [-0.1, -0.05) is 42.5 Å². The molecule has 0 fully saturated rings. The van der Waals surface area contributed by atoms with Gasteiger partial charge < -0.3 is 20.1 Å². The van der Waals surface area contributed by atoms with Crippen LogP contribution in [-0.2, 0) is 25.5 Å². The minimum Gasteiger partial charge on any atom is -0.454 e. The first-order chi connectivity index (χ1) is 13.4. The molecule has 9 heteroatoms. The molecular formula is C19H18F2N2O5. The second-order valence-electron chi connectivity index (χ2n) is 5.52. The van der Waals surface area contributed by atoms with E-state index in [1.54, 1.807) is 24.3 Å². The molecule has 2 aromatic rings. The summed E-state index contributed by atoms with van der Waals surface area (Å²) in [6.45, 7) is -4.09. The Bertz CT molecular complexity index is 815. The molecule has 2 rings (SSSR count). The average molecular weight is 392 g/mol. The van der Waals surface area contributed by atoms with Crippen molar-refractivity contribution in [3.63, 3.8) is 0 Å². The lowest BCUT2D eigenvalue weighted by Gasteiger charge is -2.12. The van der Waals surface area contributed by atoms with Crippen LogP contribution in [0.4, 0.5) is 14.5 Å². The number of halogens is 2. The summed E-state index contributed by atoms with van der Waals surface area (Å²) in [6.07, 6.45) is 0.107. The first-order valence-corrected chi connectivity index (χ1v) is 8.24. The SMILES string of the molecule is O=C(Cc1ccccc1)NCC(=O)OCC(=O)Nc1ccccc1OC(F)F. The number of hydrogen-bond donors (Lipinski definition) is 2. The maximum absolute atomic E-state index is 12.3. The number of ether oxygens (including phenoxy) is 2. The predicted octanol–water partition coefficient (Wildman–Crippen LogP) is 2.13. The zero-order chi connectivity index (χ0) is 20.4. The number of nitrogens with one attached hydrogen (secondary N) is 2. The van der Waals surface area contributed by atoms with Gasteiger partial charge in [-0.05, 0) is 17.7 Å². The van der Waals surface area contributed by atoms with E-state index in [-0.39, 0.29) is 23.8 Å². The summed E-state index contributed by atoms with van der Waals surface area (Å²) in [7, 11) is 0. The van der Waals surface area contributed by atoms with E-state index in [2.05, 4.69) is 15.4 Å². The number of rotatable bonds is 9. The van der Waals surface area contributed by atoms with E-state index < -0.39 is 31.6 Å². The second-order valence-corrected chi connectivity index (χ2v) is 5.52.